The number of hydrogen-bond acceptors (Lipinski definition) is 3. The Labute approximate surface area is 115 Å². The summed E-state index contributed by atoms with van der Waals surface area (Å²) in [6.07, 6.45) is 5.32. The number of carbonyl (C=O) groups is 1. The van der Waals surface area contributed by atoms with Crippen LogP contribution in [-0.2, 0) is 4.79 Å². The molecular weight excluding hydrogens is 242 g/mol. The highest BCUT2D eigenvalue weighted by Crippen LogP contribution is 2.37. The number of hydrogen-bond donors (Lipinski definition) is 3. The lowest BCUT2D eigenvalue weighted by molar-refractivity contribution is -0.129. The molecule has 1 aliphatic carbocycles. The fourth-order valence-electron chi connectivity index (χ4n) is 2.46. The zero-order valence-electron chi connectivity index (χ0n) is 12.3. The maximum Gasteiger partial charge on any atom is 0.233 e. The van der Waals surface area contributed by atoms with E-state index >= 15 is 0 Å². The highest BCUT2D eigenvalue weighted by Gasteiger charge is 2.44. The molecule has 19 heavy (non-hydrogen) atoms. The molecule has 0 aromatic heterocycles. The van der Waals surface area contributed by atoms with Gasteiger partial charge in [0.25, 0.3) is 0 Å². The Morgan fingerprint density at radius 3 is 2.42 bits per heavy atom. The molecule has 5 nitrogen and oxygen atoms in total. The van der Waals surface area contributed by atoms with Crippen LogP contribution >= 0.6 is 0 Å². The smallest absolute Gasteiger partial charge is 0.233 e. The molecule has 0 unspecified atom stereocenters. The third-order valence-corrected chi connectivity index (χ3v) is 4.42. The van der Waals surface area contributed by atoms with Crippen molar-refractivity contribution in [3.8, 4) is 0 Å². The predicted octanol–water partition coefficient (Wildman–Crippen LogP) is 2.24. The summed E-state index contributed by atoms with van der Waals surface area (Å²) >= 11 is 0. The normalized spacial score (nSPS) is 20.1. The van der Waals surface area contributed by atoms with Crippen molar-refractivity contribution < 1.29 is 10.0 Å². The molecule has 0 spiro atoms. The molecule has 0 aromatic rings. The van der Waals surface area contributed by atoms with E-state index in [9.17, 15) is 4.79 Å². The van der Waals surface area contributed by atoms with Crippen molar-refractivity contribution in [2.24, 2.45) is 21.7 Å². The molecule has 110 valence electrons. The summed E-state index contributed by atoms with van der Waals surface area (Å²) in [4.78, 5) is 12.5. The van der Waals surface area contributed by atoms with Gasteiger partial charge in [-0.25, -0.2) is 0 Å². The van der Waals surface area contributed by atoms with Crippen molar-refractivity contribution in [1.29, 1.82) is 0 Å². The Bertz CT molecular complexity index is 345. The van der Waals surface area contributed by atoms with Gasteiger partial charge in [0.15, 0.2) is 5.84 Å². The van der Waals surface area contributed by atoms with E-state index in [0.717, 1.165) is 25.7 Å². The first-order valence-corrected chi connectivity index (χ1v) is 7.14. The van der Waals surface area contributed by atoms with Crippen molar-refractivity contribution >= 4 is 11.7 Å². The first kappa shape index (κ1) is 15.8. The Morgan fingerprint density at radius 2 is 1.95 bits per heavy atom. The average Bonchev–Trinajstić information content (AvgIpc) is 2.44. The molecule has 1 amide bonds. The van der Waals surface area contributed by atoms with Crippen LogP contribution < -0.4 is 11.1 Å². The van der Waals surface area contributed by atoms with Gasteiger partial charge in [0, 0.05) is 6.54 Å². The van der Waals surface area contributed by atoms with Gasteiger partial charge in [-0.3, -0.25) is 4.79 Å². The molecule has 1 rings (SSSR count). The summed E-state index contributed by atoms with van der Waals surface area (Å²) in [5.41, 5.74) is 5.05. The van der Waals surface area contributed by atoms with Crippen LogP contribution in [0, 0.1) is 10.8 Å². The standard InChI is InChI=1S/C14H27N3O2/c1-4-13(2,3)10-16-12(18)14(11(15)17-19)8-6-5-7-9-14/h19H,4-10H2,1-3H3,(H2,15,17)(H,16,18). The molecule has 1 fully saturated rings. The van der Waals surface area contributed by atoms with E-state index in [1.54, 1.807) is 0 Å². The lowest BCUT2D eigenvalue weighted by Crippen LogP contribution is -2.52. The molecule has 0 bridgehead atoms. The summed E-state index contributed by atoms with van der Waals surface area (Å²) in [5.74, 6) is -0.0389. The second-order valence-electron chi connectivity index (χ2n) is 6.33. The number of nitrogens with two attached hydrogens (primary N) is 1. The van der Waals surface area contributed by atoms with E-state index in [0.29, 0.717) is 19.4 Å². The zero-order valence-corrected chi connectivity index (χ0v) is 12.3. The Kier molecular flexibility index (Phi) is 5.20. The third kappa shape index (κ3) is 3.61. The number of amidine groups is 1. The molecule has 1 saturated carbocycles. The van der Waals surface area contributed by atoms with Gasteiger partial charge in [-0.1, -0.05) is 45.2 Å². The predicted molar refractivity (Wildman–Crippen MR) is 76.0 cm³/mol. The van der Waals surface area contributed by atoms with Crippen LogP contribution in [0.5, 0.6) is 0 Å². The van der Waals surface area contributed by atoms with E-state index in [-0.39, 0.29) is 17.2 Å². The van der Waals surface area contributed by atoms with Crippen LogP contribution in [0.4, 0.5) is 0 Å². The van der Waals surface area contributed by atoms with Gasteiger partial charge >= 0.3 is 0 Å². The molecule has 0 atom stereocenters. The second-order valence-corrected chi connectivity index (χ2v) is 6.33. The van der Waals surface area contributed by atoms with Gasteiger partial charge in [-0.2, -0.15) is 0 Å². The Hall–Kier alpha value is -1.26. The Balaban J connectivity index is 2.79. The van der Waals surface area contributed by atoms with Crippen molar-refractivity contribution in [1.82, 2.24) is 5.32 Å². The van der Waals surface area contributed by atoms with Gasteiger partial charge in [0.1, 0.15) is 5.41 Å². The maximum atomic E-state index is 12.5. The number of nitrogens with one attached hydrogen (secondary N) is 1. The Morgan fingerprint density at radius 1 is 1.37 bits per heavy atom. The molecule has 5 heteroatoms. The molecule has 0 aromatic carbocycles. The quantitative estimate of drug-likeness (QED) is 0.309. The molecule has 0 aliphatic heterocycles. The van der Waals surface area contributed by atoms with E-state index in [2.05, 4.69) is 31.2 Å². The van der Waals surface area contributed by atoms with Crippen LogP contribution in [0.3, 0.4) is 0 Å². The summed E-state index contributed by atoms with van der Waals surface area (Å²) in [7, 11) is 0. The monoisotopic (exact) mass is 269 g/mol. The number of carbonyl (C=O) groups excluding carboxylic acids is 1. The minimum atomic E-state index is -0.809. The molecule has 0 heterocycles. The van der Waals surface area contributed by atoms with Gasteiger partial charge in [0.05, 0.1) is 0 Å². The summed E-state index contributed by atoms with van der Waals surface area (Å²) in [5, 5.41) is 15.1. The van der Waals surface area contributed by atoms with Gasteiger partial charge < -0.3 is 16.3 Å². The highest BCUT2D eigenvalue weighted by molar-refractivity contribution is 6.06. The summed E-state index contributed by atoms with van der Waals surface area (Å²) in [6, 6.07) is 0. The van der Waals surface area contributed by atoms with Gasteiger partial charge in [-0.15, -0.1) is 0 Å². The van der Waals surface area contributed by atoms with Crippen molar-refractivity contribution in [2.45, 2.75) is 59.3 Å². The van der Waals surface area contributed by atoms with Crippen LogP contribution in [0.1, 0.15) is 59.3 Å². The summed E-state index contributed by atoms with van der Waals surface area (Å²) < 4.78 is 0. The van der Waals surface area contributed by atoms with Crippen molar-refractivity contribution in [3.63, 3.8) is 0 Å². The first-order chi connectivity index (χ1) is 8.88. The minimum absolute atomic E-state index is 0.0546. The lowest BCUT2D eigenvalue weighted by Gasteiger charge is -2.35. The molecule has 4 N–H and O–H groups in total. The van der Waals surface area contributed by atoms with Crippen LogP contribution in [0.2, 0.25) is 0 Å². The van der Waals surface area contributed by atoms with E-state index < -0.39 is 5.41 Å². The average molecular weight is 269 g/mol. The van der Waals surface area contributed by atoms with E-state index in [1.807, 2.05) is 0 Å². The van der Waals surface area contributed by atoms with E-state index in [1.165, 1.54) is 0 Å². The molecule has 0 saturated heterocycles. The number of amides is 1. The second kappa shape index (κ2) is 6.26. The molecular formula is C14H27N3O2. The van der Waals surface area contributed by atoms with Crippen LogP contribution in [0.15, 0.2) is 5.16 Å². The SMILES string of the molecule is CCC(C)(C)CNC(=O)C1(C(N)=NO)CCCCC1. The maximum absolute atomic E-state index is 12.5. The lowest BCUT2D eigenvalue weighted by atomic mass is 9.72. The summed E-state index contributed by atoms with van der Waals surface area (Å²) in [6.45, 7) is 6.95. The van der Waals surface area contributed by atoms with Crippen molar-refractivity contribution in [3.05, 3.63) is 0 Å². The highest BCUT2D eigenvalue weighted by atomic mass is 16.4. The number of nitrogens with zero attached hydrogens (tertiary/aromatic N) is 1. The third-order valence-electron chi connectivity index (χ3n) is 4.42. The molecule has 1 aliphatic rings. The van der Waals surface area contributed by atoms with Gasteiger partial charge in [0.2, 0.25) is 5.91 Å². The van der Waals surface area contributed by atoms with Crippen molar-refractivity contribution in [2.75, 3.05) is 6.54 Å². The first-order valence-electron chi connectivity index (χ1n) is 7.14. The number of oxime groups is 1. The fraction of sp³-hybridized carbons (Fsp3) is 0.857. The largest absolute Gasteiger partial charge is 0.409 e. The van der Waals surface area contributed by atoms with Crippen LogP contribution in [-0.4, -0.2) is 23.5 Å². The zero-order chi connectivity index (χ0) is 14.5. The minimum Gasteiger partial charge on any atom is -0.409 e. The fourth-order valence-corrected chi connectivity index (χ4v) is 2.46. The van der Waals surface area contributed by atoms with Crippen LogP contribution in [0.25, 0.3) is 0 Å². The molecule has 0 radical (unpaired) electrons. The number of rotatable bonds is 5. The van der Waals surface area contributed by atoms with Gasteiger partial charge in [-0.05, 0) is 24.7 Å². The van der Waals surface area contributed by atoms with E-state index in [4.69, 9.17) is 10.9 Å². The topological polar surface area (TPSA) is 87.7 Å².